The first-order chi connectivity index (χ1) is 8.66. The van der Waals surface area contributed by atoms with Crippen LogP contribution in [-0.4, -0.2) is 95.2 Å². The number of aliphatic carboxylic acids is 1. The van der Waals surface area contributed by atoms with Crippen LogP contribution in [0.4, 0.5) is 0 Å². The van der Waals surface area contributed by atoms with Crippen LogP contribution in [0.1, 0.15) is 71.1 Å². The van der Waals surface area contributed by atoms with E-state index in [2.05, 4.69) is 6.92 Å². The third-order valence-corrected chi connectivity index (χ3v) is 3.30. The van der Waals surface area contributed by atoms with Gasteiger partial charge >= 0.3 is 5.97 Å². The molecule has 0 aromatic heterocycles. The van der Waals surface area contributed by atoms with E-state index in [0.29, 0.717) is 0 Å². The van der Waals surface area contributed by atoms with Gasteiger partial charge in [0.1, 0.15) is 0 Å². The fourth-order valence-electron chi connectivity index (χ4n) is 2.18. The minimum Gasteiger partial charge on any atom is -0.480 e. The molecule has 0 atom stereocenters. The summed E-state index contributed by atoms with van der Waals surface area (Å²) in [5, 5.41) is 8.60. The summed E-state index contributed by atoms with van der Waals surface area (Å²) in [6.45, 7) is 3.32. The average Bonchev–Trinajstić information content (AvgIpc) is 2.30. The number of carboxylic acids is 1. The minimum atomic E-state index is -0.732. The van der Waals surface area contributed by atoms with E-state index in [9.17, 15) is 4.79 Å². The topological polar surface area (TPSA) is 40.5 Å². The second-order valence-corrected chi connectivity index (χ2v) is 5.31. The molecule has 0 amide bonds. The molecule has 0 aliphatic carbocycles. The predicted octanol–water partition coefficient (Wildman–Crippen LogP) is 3.16. The number of hydrogen-bond acceptors (Lipinski definition) is 2. The van der Waals surface area contributed by atoms with Crippen LogP contribution in [0.5, 0.6) is 0 Å². The summed E-state index contributed by atoms with van der Waals surface area (Å²) in [4.78, 5) is 12.3. The van der Waals surface area contributed by atoms with Crippen molar-refractivity contribution in [2.45, 2.75) is 71.1 Å². The average molecular weight is 303 g/mol. The molecule has 0 unspecified atom stereocenters. The Morgan fingerprint density at radius 1 is 0.850 bits per heavy atom. The molecule has 110 valence electrons. The SMILES string of the molecule is CCCCCCCCCCCCN(C)CC(=O)O.[Na].[Na]. The molecule has 0 bridgehead atoms. The maximum absolute atomic E-state index is 10.5. The van der Waals surface area contributed by atoms with Gasteiger partial charge in [-0.3, -0.25) is 9.69 Å². The van der Waals surface area contributed by atoms with Gasteiger partial charge in [-0.1, -0.05) is 64.7 Å². The summed E-state index contributed by atoms with van der Waals surface area (Å²) in [5.41, 5.74) is 0. The monoisotopic (exact) mass is 303 g/mol. The van der Waals surface area contributed by atoms with Crippen molar-refractivity contribution in [1.82, 2.24) is 4.90 Å². The van der Waals surface area contributed by atoms with Crippen molar-refractivity contribution >= 4 is 65.1 Å². The fourth-order valence-corrected chi connectivity index (χ4v) is 2.18. The molecule has 3 nitrogen and oxygen atoms in total. The molecule has 0 heterocycles. The third-order valence-electron chi connectivity index (χ3n) is 3.30. The van der Waals surface area contributed by atoms with Crippen molar-refractivity contribution in [1.29, 1.82) is 0 Å². The summed E-state index contributed by atoms with van der Waals surface area (Å²) >= 11 is 0. The molecule has 20 heavy (non-hydrogen) atoms. The number of carboxylic acid groups (broad SMARTS) is 1. The number of likely N-dealkylation sites (N-methyl/N-ethyl adjacent to an activating group) is 1. The van der Waals surface area contributed by atoms with Gasteiger partial charge in [-0.15, -0.1) is 0 Å². The standard InChI is InChI=1S/C15H31NO2.2Na/c1-3-4-5-6-7-8-9-10-11-12-13-16(2)14-15(17)18;;/h3-14H2,1-2H3,(H,17,18);;. The third kappa shape index (κ3) is 21.7. The van der Waals surface area contributed by atoms with E-state index in [1.54, 1.807) is 0 Å². The zero-order valence-electron chi connectivity index (χ0n) is 14.3. The van der Waals surface area contributed by atoms with Gasteiger partial charge in [-0.05, 0) is 20.0 Å². The molecular formula is C15H31NNa2O2. The van der Waals surface area contributed by atoms with Gasteiger partial charge in [0.25, 0.3) is 0 Å². The first kappa shape index (κ1) is 26.3. The maximum Gasteiger partial charge on any atom is 0.317 e. The Balaban J connectivity index is -0.00000144. The predicted molar refractivity (Wildman–Crippen MR) is 88.5 cm³/mol. The van der Waals surface area contributed by atoms with Gasteiger partial charge in [-0.25, -0.2) is 0 Å². The Morgan fingerprint density at radius 3 is 1.65 bits per heavy atom. The fraction of sp³-hybridized carbons (Fsp3) is 0.933. The van der Waals surface area contributed by atoms with Crippen molar-refractivity contribution in [3.05, 3.63) is 0 Å². The van der Waals surface area contributed by atoms with Gasteiger partial charge in [-0.2, -0.15) is 0 Å². The number of carbonyl (C=O) groups is 1. The molecule has 1 N–H and O–H groups in total. The molecule has 0 fully saturated rings. The molecule has 0 aromatic carbocycles. The van der Waals surface area contributed by atoms with E-state index in [0.717, 1.165) is 13.0 Å². The minimum absolute atomic E-state index is 0. The molecule has 2 radical (unpaired) electrons. The Kier molecular flexibility index (Phi) is 26.9. The Bertz CT molecular complexity index is 204. The Morgan fingerprint density at radius 2 is 1.25 bits per heavy atom. The molecule has 0 saturated heterocycles. The smallest absolute Gasteiger partial charge is 0.317 e. The zero-order chi connectivity index (χ0) is 13.6. The molecule has 0 rings (SSSR count). The number of unbranched alkanes of at least 4 members (excludes halogenated alkanes) is 9. The van der Waals surface area contributed by atoms with E-state index in [1.165, 1.54) is 57.8 Å². The van der Waals surface area contributed by atoms with E-state index < -0.39 is 5.97 Å². The Labute approximate surface area is 169 Å². The molecule has 0 saturated carbocycles. The van der Waals surface area contributed by atoms with Gasteiger partial charge in [0.2, 0.25) is 0 Å². The summed E-state index contributed by atoms with van der Waals surface area (Å²) in [6, 6.07) is 0. The van der Waals surface area contributed by atoms with E-state index in [-0.39, 0.29) is 65.7 Å². The molecule has 5 heteroatoms. The van der Waals surface area contributed by atoms with Crippen LogP contribution in [0.2, 0.25) is 0 Å². The largest absolute Gasteiger partial charge is 0.480 e. The van der Waals surface area contributed by atoms with Crippen LogP contribution < -0.4 is 0 Å². The van der Waals surface area contributed by atoms with Crippen molar-refractivity contribution in [2.24, 2.45) is 0 Å². The first-order valence-corrected chi connectivity index (χ1v) is 7.57. The maximum atomic E-state index is 10.5. The molecule has 0 aliphatic rings. The Hall–Kier alpha value is 1.43. The summed E-state index contributed by atoms with van der Waals surface area (Å²) in [6.07, 6.45) is 13.3. The van der Waals surface area contributed by atoms with E-state index in [4.69, 9.17) is 5.11 Å². The second kappa shape index (κ2) is 20.4. The van der Waals surface area contributed by atoms with Gasteiger partial charge in [0.05, 0.1) is 6.54 Å². The van der Waals surface area contributed by atoms with Crippen molar-refractivity contribution < 1.29 is 9.90 Å². The van der Waals surface area contributed by atoms with Gasteiger partial charge in [0.15, 0.2) is 0 Å². The van der Waals surface area contributed by atoms with Gasteiger partial charge in [0, 0.05) is 59.1 Å². The van der Waals surface area contributed by atoms with Crippen LogP contribution in [0.25, 0.3) is 0 Å². The van der Waals surface area contributed by atoms with Crippen LogP contribution in [0.3, 0.4) is 0 Å². The number of hydrogen-bond donors (Lipinski definition) is 1. The second-order valence-electron chi connectivity index (χ2n) is 5.31. The van der Waals surface area contributed by atoms with Crippen LogP contribution in [0.15, 0.2) is 0 Å². The van der Waals surface area contributed by atoms with Crippen LogP contribution in [-0.2, 0) is 4.79 Å². The normalized spacial score (nSPS) is 9.95. The van der Waals surface area contributed by atoms with Crippen molar-refractivity contribution in [3.63, 3.8) is 0 Å². The number of rotatable bonds is 13. The summed E-state index contributed by atoms with van der Waals surface area (Å²) in [5.74, 6) is -0.732. The van der Waals surface area contributed by atoms with E-state index >= 15 is 0 Å². The molecule has 0 spiro atoms. The quantitative estimate of drug-likeness (QED) is 0.420. The number of nitrogens with zero attached hydrogens (tertiary/aromatic N) is 1. The first-order valence-electron chi connectivity index (χ1n) is 7.57. The molecule has 0 aliphatic heterocycles. The van der Waals surface area contributed by atoms with Crippen LogP contribution >= 0.6 is 0 Å². The van der Waals surface area contributed by atoms with Crippen molar-refractivity contribution in [3.8, 4) is 0 Å². The summed E-state index contributed by atoms with van der Waals surface area (Å²) < 4.78 is 0. The molecular weight excluding hydrogens is 272 g/mol. The zero-order valence-corrected chi connectivity index (χ0v) is 18.3. The van der Waals surface area contributed by atoms with Crippen molar-refractivity contribution in [2.75, 3.05) is 20.1 Å². The van der Waals surface area contributed by atoms with E-state index in [1.807, 2.05) is 11.9 Å². The summed E-state index contributed by atoms with van der Waals surface area (Å²) in [7, 11) is 1.88. The molecule has 0 aromatic rings. The van der Waals surface area contributed by atoms with Gasteiger partial charge < -0.3 is 5.11 Å². The van der Waals surface area contributed by atoms with Crippen LogP contribution in [0, 0.1) is 0 Å².